The van der Waals surface area contributed by atoms with E-state index in [0.717, 1.165) is 11.1 Å². The van der Waals surface area contributed by atoms with Crippen molar-refractivity contribution < 1.29 is 18.7 Å². The second-order valence-corrected chi connectivity index (χ2v) is 7.55. The molecule has 1 aromatic heterocycles. The first-order chi connectivity index (χ1) is 15.3. The van der Waals surface area contributed by atoms with Gasteiger partial charge in [-0.2, -0.15) is 0 Å². The van der Waals surface area contributed by atoms with Gasteiger partial charge in [-0.05, 0) is 30.7 Å². The van der Waals surface area contributed by atoms with E-state index in [1.54, 1.807) is 31.3 Å². The number of hydrogen-bond acceptors (Lipinski definition) is 5. The molecule has 4 rings (SSSR count). The molecule has 0 radical (unpaired) electrons. The molecule has 0 fully saturated rings. The van der Waals surface area contributed by atoms with Crippen molar-refractivity contribution in [2.75, 3.05) is 18.6 Å². The number of aromatic nitrogens is 3. The van der Waals surface area contributed by atoms with E-state index in [1.165, 1.54) is 22.0 Å². The van der Waals surface area contributed by atoms with Crippen LogP contribution in [-0.4, -0.2) is 46.3 Å². The monoisotopic (exact) mass is 435 g/mol. The van der Waals surface area contributed by atoms with Crippen LogP contribution in [0, 0.1) is 5.82 Å². The Morgan fingerprint density at radius 1 is 1.31 bits per heavy atom. The quantitative estimate of drug-likeness (QED) is 0.666. The van der Waals surface area contributed by atoms with E-state index in [2.05, 4.69) is 22.0 Å². The highest BCUT2D eigenvalue weighted by molar-refractivity contribution is 6.02. The van der Waals surface area contributed by atoms with Gasteiger partial charge >= 0.3 is 0 Å². The number of anilines is 1. The van der Waals surface area contributed by atoms with Crippen LogP contribution in [0.4, 0.5) is 10.1 Å². The fourth-order valence-electron chi connectivity index (χ4n) is 3.37. The molecule has 2 aromatic carbocycles. The average molecular weight is 435 g/mol. The van der Waals surface area contributed by atoms with E-state index in [9.17, 15) is 14.0 Å². The lowest BCUT2D eigenvalue weighted by molar-refractivity contribution is -0.120. The van der Waals surface area contributed by atoms with Gasteiger partial charge in [-0.25, -0.2) is 14.1 Å². The maximum atomic E-state index is 13.8. The van der Waals surface area contributed by atoms with Gasteiger partial charge in [-0.15, -0.1) is 5.10 Å². The number of nitrogens with one attached hydrogen (secondary N) is 1. The molecule has 2 amide bonds. The summed E-state index contributed by atoms with van der Waals surface area (Å²) in [7, 11) is 1.62. The van der Waals surface area contributed by atoms with Gasteiger partial charge in [0, 0.05) is 12.6 Å². The minimum atomic E-state index is -0.924. The van der Waals surface area contributed by atoms with Crippen LogP contribution >= 0.6 is 0 Å². The number of ether oxygens (including phenoxy) is 1. The highest BCUT2D eigenvalue weighted by Crippen LogP contribution is 2.33. The van der Waals surface area contributed by atoms with Crippen LogP contribution in [0.2, 0.25) is 0 Å². The standard InChI is InChI=1S/C23H22FN5O3/c1-14(2)15-8-9-20-19(10-15)28(3)23(31)18(12-32-20)26-22(30)21-25-13-29(27-21)11-16-6-4-5-7-17(16)24/h4-10,13,18H,1,11-12H2,2-3H3,(H,26,30)/t18-/m0/s1. The Morgan fingerprint density at radius 3 is 2.84 bits per heavy atom. The maximum Gasteiger partial charge on any atom is 0.291 e. The lowest BCUT2D eigenvalue weighted by atomic mass is 10.1. The van der Waals surface area contributed by atoms with E-state index >= 15 is 0 Å². The molecule has 164 valence electrons. The number of halogens is 1. The number of rotatable bonds is 5. The molecule has 1 aliphatic rings. The van der Waals surface area contributed by atoms with Crippen LogP contribution in [0.5, 0.6) is 5.75 Å². The third kappa shape index (κ3) is 4.22. The zero-order chi connectivity index (χ0) is 22.8. The van der Waals surface area contributed by atoms with Crippen molar-refractivity contribution in [2.24, 2.45) is 0 Å². The molecule has 9 heteroatoms. The van der Waals surface area contributed by atoms with E-state index in [1.807, 2.05) is 19.1 Å². The number of hydrogen-bond donors (Lipinski definition) is 1. The third-order valence-electron chi connectivity index (χ3n) is 5.18. The summed E-state index contributed by atoms with van der Waals surface area (Å²) >= 11 is 0. The minimum absolute atomic E-state index is 0.0374. The van der Waals surface area contributed by atoms with Crippen molar-refractivity contribution in [3.05, 3.63) is 78.1 Å². The Kier molecular flexibility index (Phi) is 5.72. The van der Waals surface area contributed by atoms with Crippen LogP contribution < -0.4 is 15.0 Å². The highest BCUT2D eigenvalue weighted by atomic mass is 19.1. The third-order valence-corrected chi connectivity index (χ3v) is 5.18. The van der Waals surface area contributed by atoms with E-state index < -0.39 is 11.9 Å². The first-order valence-electron chi connectivity index (χ1n) is 9.97. The van der Waals surface area contributed by atoms with Crippen LogP contribution in [0.15, 0.2) is 55.4 Å². The smallest absolute Gasteiger partial charge is 0.291 e. The first kappa shape index (κ1) is 21.2. The second kappa shape index (κ2) is 8.62. The molecule has 2 heterocycles. The number of benzene rings is 2. The molecule has 1 N–H and O–H groups in total. The number of fused-ring (bicyclic) bond motifs is 1. The van der Waals surface area contributed by atoms with Crippen molar-refractivity contribution in [2.45, 2.75) is 19.5 Å². The zero-order valence-corrected chi connectivity index (χ0v) is 17.7. The summed E-state index contributed by atoms with van der Waals surface area (Å²) in [6, 6.07) is 10.8. The highest BCUT2D eigenvalue weighted by Gasteiger charge is 2.31. The molecular weight excluding hydrogens is 413 g/mol. The summed E-state index contributed by atoms with van der Waals surface area (Å²) < 4.78 is 21.0. The Bertz CT molecular complexity index is 1210. The molecule has 32 heavy (non-hydrogen) atoms. The molecule has 0 spiro atoms. The Labute approximate surface area is 184 Å². The van der Waals surface area contributed by atoms with Gasteiger partial charge in [0.2, 0.25) is 5.82 Å². The van der Waals surface area contributed by atoms with Crippen molar-refractivity contribution in [1.82, 2.24) is 20.1 Å². The topological polar surface area (TPSA) is 89.4 Å². The Hall–Kier alpha value is -4.01. The van der Waals surface area contributed by atoms with E-state index in [-0.39, 0.29) is 30.7 Å². The number of amides is 2. The summed E-state index contributed by atoms with van der Waals surface area (Å²) in [5, 5.41) is 6.73. The average Bonchev–Trinajstić information content (AvgIpc) is 3.21. The lowest BCUT2D eigenvalue weighted by Crippen LogP contribution is -2.49. The van der Waals surface area contributed by atoms with Crippen LogP contribution in [0.1, 0.15) is 28.7 Å². The molecular formula is C23H22FN5O3. The second-order valence-electron chi connectivity index (χ2n) is 7.55. The van der Waals surface area contributed by atoms with Crippen LogP contribution in [0.3, 0.4) is 0 Å². The predicted molar refractivity (Wildman–Crippen MR) is 117 cm³/mol. The molecule has 0 aliphatic carbocycles. The van der Waals surface area contributed by atoms with Crippen molar-refractivity contribution in [1.29, 1.82) is 0 Å². The number of carbonyl (C=O) groups is 2. The van der Waals surface area contributed by atoms with Gasteiger partial charge in [0.05, 0.1) is 12.2 Å². The zero-order valence-electron chi connectivity index (χ0n) is 17.7. The lowest BCUT2D eigenvalue weighted by Gasteiger charge is -2.20. The van der Waals surface area contributed by atoms with Crippen LogP contribution in [-0.2, 0) is 11.3 Å². The Morgan fingerprint density at radius 2 is 2.09 bits per heavy atom. The SMILES string of the molecule is C=C(C)c1ccc2c(c1)N(C)C(=O)[C@@H](NC(=O)c1ncn(Cc3ccccc3F)n1)CO2. The van der Waals surface area contributed by atoms with Crippen molar-refractivity contribution in [3.63, 3.8) is 0 Å². The summed E-state index contributed by atoms with van der Waals surface area (Å²) in [5.74, 6) is -0.909. The molecule has 1 atom stereocenters. The number of allylic oxidation sites excluding steroid dienone is 1. The summed E-state index contributed by atoms with van der Waals surface area (Å²) in [6.45, 7) is 5.89. The van der Waals surface area contributed by atoms with Gasteiger partial charge in [-0.1, -0.05) is 36.4 Å². The van der Waals surface area contributed by atoms with Crippen LogP contribution in [0.25, 0.3) is 5.57 Å². The first-order valence-corrected chi connectivity index (χ1v) is 9.97. The molecule has 0 bridgehead atoms. The van der Waals surface area contributed by atoms with Crippen molar-refractivity contribution >= 4 is 23.1 Å². The molecule has 0 unspecified atom stereocenters. The van der Waals surface area contributed by atoms with E-state index in [4.69, 9.17) is 4.74 Å². The van der Waals surface area contributed by atoms with Gasteiger partial charge in [0.15, 0.2) is 0 Å². The van der Waals surface area contributed by atoms with Gasteiger partial charge < -0.3 is 15.0 Å². The normalized spacial score (nSPS) is 15.5. The number of nitrogens with zero attached hydrogens (tertiary/aromatic N) is 4. The summed E-state index contributed by atoms with van der Waals surface area (Å²) in [6.07, 6.45) is 1.34. The van der Waals surface area contributed by atoms with Gasteiger partial charge in [0.25, 0.3) is 11.8 Å². The largest absolute Gasteiger partial charge is 0.489 e. The fourth-order valence-corrected chi connectivity index (χ4v) is 3.37. The summed E-state index contributed by atoms with van der Waals surface area (Å²) in [4.78, 5) is 31.1. The van der Waals surface area contributed by atoms with E-state index in [0.29, 0.717) is 17.0 Å². The maximum absolute atomic E-state index is 13.8. The number of likely N-dealkylation sites (N-methyl/N-ethyl adjacent to an activating group) is 1. The minimum Gasteiger partial charge on any atom is -0.489 e. The molecule has 0 saturated heterocycles. The fraction of sp³-hybridized carbons (Fsp3) is 0.217. The van der Waals surface area contributed by atoms with Gasteiger partial charge in [0.1, 0.15) is 30.5 Å². The predicted octanol–water partition coefficient (Wildman–Crippen LogP) is 2.65. The number of carbonyl (C=O) groups excluding carboxylic acids is 2. The Balaban J connectivity index is 1.47. The van der Waals surface area contributed by atoms with Crippen molar-refractivity contribution in [3.8, 4) is 5.75 Å². The molecule has 1 aliphatic heterocycles. The molecule has 8 nitrogen and oxygen atoms in total. The molecule has 0 saturated carbocycles. The molecule has 3 aromatic rings. The van der Waals surface area contributed by atoms with Gasteiger partial charge in [-0.3, -0.25) is 9.59 Å². The summed E-state index contributed by atoms with van der Waals surface area (Å²) in [5.41, 5.74) is 2.77.